The molecule has 0 N–H and O–H groups in total. The van der Waals surface area contributed by atoms with Crippen LogP contribution in [-0.2, 0) is 0 Å². The van der Waals surface area contributed by atoms with Gasteiger partial charge in [0.15, 0.2) is 28.6 Å². The summed E-state index contributed by atoms with van der Waals surface area (Å²) in [5.41, 5.74) is 9.88. The van der Waals surface area contributed by atoms with Gasteiger partial charge in [-0.15, -0.1) is 11.3 Å². The van der Waals surface area contributed by atoms with E-state index in [9.17, 15) is 0 Å². The van der Waals surface area contributed by atoms with Gasteiger partial charge in [0, 0.05) is 42.4 Å². The Balaban J connectivity index is 0.938. The van der Waals surface area contributed by atoms with Crippen LogP contribution in [0, 0.1) is 0 Å². The number of thiophene rings is 1. The summed E-state index contributed by atoms with van der Waals surface area (Å²) in [4.78, 5) is 24.2. The van der Waals surface area contributed by atoms with Crippen LogP contribution >= 0.6 is 11.3 Å². The van der Waals surface area contributed by atoms with Crippen molar-refractivity contribution >= 4 is 53.7 Å². The second kappa shape index (κ2) is 12.7. The predicted molar refractivity (Wildman–Crippen MR) is 220 cm³/mol. The molecule has 258 valence electrons. The molecule has 0 aliphatic heterocycles. The quantitative estimate of drug-likeness (QED) is 0.168. The maximum atomic E-state index is 6.38. The second-order valence-electron chi connectivity index (χ2n) is 13.3. The van der Waals surface area contributed by atoms with Gasteiger partial charge in [0.1, 0.15) is 11.0 Å². The van der Waals surface area contributed by atoms with Crippen molar-refractivity contribution in [2.75, 3.05) is 0 Å². The van der Waals surface area contributed by atoms with E-state index in [2.05, 4.69) is 60.7 Å². The monoisotopic (exact) mass is 725 g/mol. The number of rotatable bonds is 6. The van der Waals surface area contributed by atoms with E-state index in [1.807, 2.05) is 103 Å². The number of hydrogen-bond donors (Lipinski definition) is 0. The zero-order valence-electron chi connectivity index (χ0n) is 29.0. The lowest BCUT2D eigenvalue weighted by Crippen LogP contribution is -2.00. The lowest BCUT2D eigenvalue weighted by atomic mass is 10.0. The van der Waals surface area contributed by atoms with Gasteiger partial charge in [0.05, 0.1) is 5.56 Å². The second-order valence-corrected chi connectivity index (χ2v) is 14.3. The van der Waals surface area contributed by atoms with Crippen molar-refractivity contribution in [2.45, 2.75) is 0 Å². The van der Waals surface area contributed by atoms with E-state index in [1.54, 1.807) is 11.3 Å². The molecule has 0 spiro atoms. The Kier molecular flexibility index (Phi) is 7.21. The molecular formula is C47H27N5O2S. The Morgan fingerprint density at radius 1 is 0.345 bits per heavy atom. The van der Waals surface area contributed by atoms with Crippen molar-refractivity contribution < 1.29 is 8.83 Å². The van der Waals surface area contributed by atoms with Crippen LogP contribution in [0.25, 0.3) is 111 Å². The zero-order valence-corrected chi connectivity index (χ0v) is 29.9. The molecule has 0 bridgehead atoms. The van der Waals surface area contributed by atoms with E-state index < -0.39 is 0 Å². The van der Waals surface area contributed by atoms with Gasteiger partial charge >= 0.3 is 0 Å². The summed E-state index contributed by atoms with van der Waals surface area (Å²) in [5.74, 6) is 2.97. The summed E-state index contributed by atoms with van der Waals surface area (Å²) >= 11 is 1.77. The smallest absolute Gasteiger partial charge is 0.228 e. The first kappa shape index (κ1) is 31.3. The normalized spacial score (nSPS) is 11.6. The minimum atomic E-state index is 0.548. The van der Waals surface area contributed by atoms with E-state index in [-0.39, 0.29) is 0 Å². The fourth-order valence-corrected chi connectivity index (χ4v) is 8.46. The van der Waals surface area contributed by atoms with E-state index in [0.717, 1.165) is 60.3 Å². The standard InChI is InChI=1S/C47H27N5O2S/c1-3-11-29(12-4-1)43-50-44(30-13-5-2-6-14-30)52-45(51-43)32-25-26-38-40(27-32)54-46(48-38)31-23-21-28(22-24-31)33-15-9-16-34-35-17-10-18-36(42(35)55-41(33)34)47-49-37-19-7-8-20-39(37)53-47/h1-27H. The summed E-state index contributed by atoms with van der Waals surface area (Å²) in [6.07, 6.45) is 0. The molecule has 4 aromatic heterocycles. The van der Waals surface area contributed by atoms with Gasteiger partial charge in [-0.05, 0) is 59.7 Å². The third-order valence-electron chi connectivity index (χ3n) is 9.84. The Morgan fingerprint density at radius 2 is 0.873 bits per heavy atom. The van der Waals surface area contributed by atoms with Crippen molar-refractivity contribution in [3.63, 3.8) is 0 Å². The summed E-state index contributed by atoms with van der Waals surface area (Å²) in [7, 11) is 0. The zero-order chi connectivity index (χ0) is 36.3. The van der Waals surface area contributed by atoms with Gasteiger partial charge in [-0.3, -0.25) is 0 Å². The van der Waals surface area contributed by atoms with Crippen LogP contribution in [0.15, 0.2) is 173 Å². The van der Waals surface area contributed by atoms with Crippen LogP contribution in [0.4, 0.5) is 0 Å². The van der Waals surface area contributed by atoms with Gasteiger partial charge in [-0.1, -0.05) is 115 Å². The van der Waals surface area contributed by atoms with Crippen molar-refractivity contribution in [1.29, 1.82) is 0 Å². The highest BCUT2D eigenvalue weighted by Gasteiger charge is 2.18. The molecule has 0 atom stereocenters. The minimum Gasteiger partial charge on any atom is -0.436 e. The number of para-hydroxylation sites is 2. The lowest BCUT2D eigenvalue weighted by molar-refractivity contribution is 0.620. The average Bonchev–Trinajstić information content (AvgIpc) is 3.99. The average molecular weight is 726 g/mol. The largest absolute Gasteiger partial charge is 0.436 e. The maximum absolute atomic E-state index is 6.38. The molecule has 0 amide bonds. The molecule has 55 heavy (non-hydrogen) atoms. The number of aromatic nitrogens is 5. The van der Waals surface area contributed by atoms with Crippen LogP contribution in [0.3, 0.4) is 0 Å². The molecule has 0 aliphatic rings. The Hall–Kier alpha value is -7.29. The predicted octanol–water partition coefficient (Wildman–Crippen LogP) is 12.5. The third kappa shape index (κ3) is 5.47. The molecule has 0 aliphatic carbocycles. The van der Waals surface area contributed by atoms with Crippen LogP contribution in [-0.4, -0.2) is 24.9 Å². The van der Waals surface area contributed by atoms with Crippen molar-refractivity contribution in [3.8, 4) is 68.2 Å². The highest BCUT2D eigenvalue weighted by Crippen LogP contribution is 2.44. The summed E-state index contributed by atoms with van der Waals surface area (Å²) in [6.45, 7) is 0. The molecule has 8 heteroatoms. The molecule has 11 rings (SSSR count). The summed E-state index contributed by atoms with van der Waals surface area (Å²) in [5, 5.41) is 2.40. The molecule has 7 aromatic carbocycles. The molecule has 4 heterocycles. The Labute approximate surface area is 318 Å². The highest BCUT2D eigenvalue weighted by molar-refractivity contribution is 7.26. The number of oxazole rings is 2. The molecule has 0 fully saturated rings. The van der Waals surface area contributed by atoms with E-state index in [0.29, 0.717) is 34.8 Å². The molecular weight excluding hydrogens is 699 g/mol. The van der Waals surface area contributed by atoms with Gasteiger partial charge in [0.2, 0.25) is 11.8 Å². The van der Waals surface area contributed by atoms with Crippen LogP contribution < -0.4 is 0 Å². The van der Waals surface area contributed by atoms with Crippen LogP contribution in [0.5, 0.6) is 0 Å². The number of fused-ring (bicyclic) bond motifs is 5. The van der Waals surface area contributed by atoms with Crippen LogP contribution in [0.2, 0.25) is 0 Å². The van der Waals surface area contributed by atoms with E-state index >= 15 is 0 Å². The fraction of sp³-hybridized carbons (Fsp3) is 0. The SMILES string of the molecule is c1ccc(-c2nc(-c3ccccc3)nc(-c3ccc4nc(-c5ccc(-c6cccc7c6sc6c(-c8nc9ccccc9o8)cccc67)cc5)oc4c3)n2)cc1. The molecule has 11 aromatic rings. The Morgan fingerprint density at radius 3 is 1.56 bits per heavy atom. The van der Waals surface area contributed by atoms with Crippen molar-refractivity contribution in [2.24, 2.45) is 0 Å². The van der Waals surface area contributed by atoms with Gasteiger partial charge in [-0.2, -0.15) is 0 Å². The van der Waals surface area contributed by atoms with E-state index in [1.165, 1.54) is 15.5 Å². The third-order valence-corrected chi connectivity index (χ3v) is 11.1. The molecule has 0 saturated heterocycles. The summed E-state index contributed by atoms with van der Waals surface area (Å²) in [6, 6.07) is 55.0. The Bertz CT molecular complexity index is 3110. The number of hydrogen-bond acceptors (Lipinski definition) is 8. The number of benzene rings is 7. The van der Waals surface area contributed by atoms with Gasteiger partial charge in [-0.25, -0.2) is 24.9 Å². The fourth-order valence-electron chi connectivity index (χ4n) is 7.12. The molecule has 7 nitrogen and oxygen atoms in total. The van der Waals surface area contributed by atoms with Gasteiger partial charge < -0.3 is 8.83 Å². The first-order valence-electron chi connectivity index (χ1n) is 17.9. The van der Waals surface area contributed by atoms with Crippen LogP contribution in [0.1, 0.15) is 0 Å². The van der Waals surface area contributed by atoms with Crippen molar-refractivity contribution in [1.82, 2.24) is 24.9 Å². The minimum absolute atomic E-state index is 0.548. The number of nitrogens with zero attached hydrogens (tertiary/aromatic N) is 5. The lowest BCUT2D eigenvalue weighted by Gasteiger charge is -2.08. The highest BCUT2D eigenvalue weighted by atomic mass is 32.1. The van der Waals surface area contributed by atoms with E-state index in [4.69, 9.17) is 33.8 Å². The molecule has 0 radical (unpaired) electrons. The molecule has 0 unspecified atom stereocenters. The summed E-state index contributed by atoms with van der Waals surface area (Å²) < 4.78 is 14.9. The topological polar surface area (TPSA) is 90.7 Å². The van der Waals surface area contributed by atoms with Crippen molar-refractivity contribution in [3.05, 3.63) is 164 Å². The first-order chi connectivity index (χ1) is 27.2. The molecule has 0 saturated carbocycles. The maximum Gasteiger partial charge on any atom is 0.228 e. The first-order valence-corrected chi connectivity index (χ1v) is 18.7. The van der Waals surface area contributed by atoms with Gasteiger partial charge in [0.25, 0.3) is 0 Å².